The molecule has 4 aromatic rings. The van der Waals surface area contributed by atoms with Crippen LogP contribution in [-0.2, 0) is 6.18 Å². The van der Waals surface area contributed by atoms with E-state index in [1.807, 2.05) is 74.5 Å². The van der Waals surface area contributed by atoms with Gasteiger partial charge in [0.15, 0.2) is 0 Å². The van der Waals surface area contributed by atoms with E-state index in [1.165, 1.54) is 12.1 Å². The van der Waals surface area contributed by atoms with Crippen molar-refractivity contribution < 1.29 is 13.2 Å². The number of rotatable bonds is 5. The lowest BCUT2D eigenvalue weighted by Crippen LogP contribution is -2.17. The molecule has 0 fully saturated rings. The molecule has 0 saturated heterocycles. The summed E-state index contributed by atoms with van der Waals surface area (Å²) < 4.78 is 41.3. The molecule has 1 N–H and O–H groups in total. The Balaban J connectivity index is 1.87. The first kappa shape index (κ1) is 23.2. The molecular formula is C28H24F3N3. The molecule has 0 radical (unpaired) electrons. The zero-order chi connectivity index (χ0) is 24.1. The second-order valence-electron chi connectivity index (χ2n) is 7.80. The Hall–Kier alpha value is -3.93. The number of benzene rings is 3. The molecule has 4 rings (SSSR count). The van der Waals surface area contributed by atoms with Gasteiger partial charge in [0.25, 0.3) is 0 Å². The highest BCUT2D eigenvalue weighted by Crippen LogP contribution is 2.38. The number of nitrogens with one attached hydrogen (secondary N) is 1. The van der Waals surface area contributed by atoms with Crippen LogP contribution < -0.4 is 5.32 Å². The standard InChI is InChI=1S/C28H24F3N3/c1-3-32-27(22-14-8-7-11-19(22)2)34-26-18-21(20-12-5-4-6-13-20)17-25(33-26)23-15-9-10-16-24(23)28(29,30)31/h4-18H,3H2,1-2H3,(H,32,33,34). The first-order valence-corrected chi connectivity index (χ1v) is 11.0. The highest BCUT2D eigenvalue weighted by Gasteiger charge is 2.33. The summed E-state index contributed by atoms with van der Waals surface area (Å²) in [5.74, 6) is 1.04. The fourth-order valence-corrected chi connectivity index (χ4v) is 3.79. The minimum absolute atomic E-state index is 0.0284. The first-order chi connectivity index (χ1) is 16.4. The van der Waals surface area contributed by atoms with Gasteiger partial charge in [-0.2, -0.15) is 13.2 Å². The monoisotopic (exact) mass is 459 g/mol. The summed E-state index contributed by atoms with van der Waals surface area (Å²) in [7, 11) is 0. The van der Waals surface area contributed by atoms with Crippen LogP contribution in [0.4, 0.5) is 19.0 Å². The molecule has 0 aliphatic rings. The Morgan fingerprint density at radius 3 is 2.24 bits per heavy atom. The number of hydrogen-bond donors (Lipinski definition) is 1. The highest BCUT2D eigenvalue weighted by atomic mass is 19.4. The normalized spacial score (nSPS) is 12.0. The number of alkyl halides is 3. The second-order valence-corrected chi connectivity index (χ2v) is 7.80. The van der Waals surface area contributed by atoms with Crippen molar-refractivity contribution in [2.75, 3.05) is 11.9 Å². The number of halogens is 3. The minimum atomic E-state index is -4.50. The lowest BCUT2D eigenvalue weighted by Gasteiger charge is -2.16. The molecule has 0 amide bonds. The summed E-state index contributed by atoms with van der Waals surface area (Å²) in [6.45, 7) is 4.46. The lowest BCUT2D eigenvalue weighted by molar-refractivity contribution is -0.137. The summed E-state index contributed by atoms with van der Waals surface area (Å²) in [5.41, 5.74) is 3.12. The van der Waals surface area contributed by atoms with Crippen molar-refractivity contribution in [1.29, 1.82) is 0 Å². The van der Waals surface area contributed by atoms with E-state index in [1.54, 1.807) is 12.1 Å². The number of hydrogen-bond acceptors (Lipinski definition) is 2. The third-order valence-electron chi connectivity index (χ3n) is 5.40. The van der Waals surface area contributed by atoms with Crippen LogP contribution >= 0.6 is 0 Å². The Morgan fingerprint density at radius 1 is 0.853 bits per heavy atom. The summed E-state index contributed by atoms with van der Waals surface area (Å²) in [6, 6.07) is 26.4. The SMILES string of the molecule is CCN=C(Nc1cc(-c2ccccc2)cc(-c2ccccc2C(F)(F)F)n1)c1ccccc1C. The topological polar surface area (TPSA) is 37.3 Å². The van der Waals surface area contributed by atoms with Gasteiger partial charge in [-0.05, 0) is 48.7 Å². The predicted molar refractivity (Wildman–Crippen MR) is 132 cm³/mol. The van der Waals surface area contributed by atoms with E-state index in [2.05, 4.69) is 15.3 Å². The zero-order valence-electron chi connectivity index (χ0n) is 18.9. The Kier molecular flexibility index (Phi) is 6.77. The van der Waals surface area contributed by atoms with Crippen LogP contribution in [0.25, 0.3) is 22.4 Å². The van der Waals surface area contributed by atoms with Crippen molar-refractivity contribution in [2.24, 2.45) is 4.99 Å². The molecule has 1 heterocycles. The number of pyridine rings is 1. The van der Waals surface area contributed by atoms with Gasteiger partial charge in [0.1, 0.15) is 11.7 Å². The quantitative estimate of drug-likeness (QED) is 0.246. The zero-order valence-corrected chi connectivity index (χ0v) is 18.9. The third kappa shape index (κ3) is 5.17. The molecule has 3 nitrogen and oxygen atoms in total. The van der Waals surface area contributed by atoms with Crippen LogP contribution in [0.2, 0.25) is 0 Å². The fraction of sp³-hybridized carbons (Fsp3) is 0.143. The third-order valence-corrected chi connectivity index (χ3v) is 5.40. The molecule has 0 aliphatic heterocycles. The van der Waals surface area contributed by atoms with Crippen molar-refractivity contribution in [3.8, 4) is 22.4 Å². The number of nitrogens with zero attached hydrogens (tertiary/aromatic N) is 2. The van der Waals surface area contributed by atoms with Crippen LogP contribution in [0.5, 0.6) is 0 Å². The van der Waals surface area contributed by atoms with Gasteiger partial charge < -0.3 is 5.32 Å². The molecule has 0 unspecified atom stereocenters. The minimum Gasteiger partial charge on any atom is -0.325 e. The van der Waals surface area contributed by atoms with Crippen molar-refractivity contribution >= 4 is 11.7 Å². The Labute approximate surface area is 197 Å². The molecule has 0 spiro atoms. The van der Waals surface area contributed by atoms with Crippen LogP contribution in [0.1, 0.15) is 23.6 Å². The van der Waals surface area contributed by atoms with Crippen molar-refractivity contribution in [1.82, 2.24) is 4.98 Å². The molecule has 34 heavy (non-hydrogen) atoms. The van der Waals surface area contributed by atoms with E-state index in [-0.39, 0.29) is 11.3 Å². The van der Waals surface area contributed by atoms with Crippen molar-refractivity contribution in [3.63, 3.8) is 0 Å². The van der Waals surface area contributed by atoms with E-state index in [9.17, 15) is 13.2 Å². The molecule has 0 saturated carbocycles. The van der Waals surface area contributed by atoms with Crippen molar-refractivity contribution in [3.05, 3.63) is 108 Å². The molecule has 0 aliphatic carbocycles. The van der Waals surface area contributed by atoms with Gasteiger partial charge in [-0.3, -0.25) is 4.99 Å². The van der Waals surface area contributed by atoms with Crippen LogP contribution in [0.3, 0.4) is 0 Å². The fourth-order valence-electron chi connectivity index (χ4n) is 3.79. The molecule has 6 heteroatoms. The number of aliphatic imine (C=N–C) groups is 1. The number of aromatic nitrogens is 1. The molecular weight excluding hydrogens is 435 g/mol. The number of aryl methyl sites for hydroxylation is 1. The number of anilines is 1. The average Bonchev–Trinajstić information content (AvgIpc) is 2.84. The van der Waals surface area contributed by atoms with Crippen LogP contribution in [-0.4, -0.2) is 17.4 Å². The van der Waals surface area contributed by atoms with E-state index in [4.69, 9.17) is 0 Å². The molecule has 172 valence electrons. The van der Waals surface area contributed by atoms with Crippen molar-refractivity contribution in [2.45, 2.75) is 20.0 Å². The summed E-state index contributed by atoms with van der Waals surface area (Å²) in [5, 5.41) is 3.27. The van der Waals surface area contributed by atoms with E-state index in [0.29, 0.717) is 18.2 Å². The van der Waals surface area contributed by atoms with E-state index >= 15 is 0 Å². The Bertz CT molecular complexity index is 1310. The van der Waals surface area contributed by atoms with Gasteiger partial charge >= 0.3 is 6.18 Å². The largest absolute Gasteiger partial charge is 0.417 e. The molecule has 0 atom stereocenters. The summed E-state index contributed by atoms with van der Waals surface area (Å²) in [6.07, 6.45) is -4.50. The average molecular weight is 460 g/mol. The van der Waals surface area contributed by atoms with E-state index in [0.717, 1.165) is 28.3 Å². The van der Waals surface area contributed by atoms with Gasteiger partial charge in [0.05, 0.1) is 11.3 Å². The van der Waals surface area contributed by atoms with Gasteiger partial charge in [0, 0.05) is 17.7 Å². The van der Waals surface area contributed by atoms with Gasteiger partial charge in [0.2, 0.25) is 0 Å². The predicted octanol–water partition coefficient (Wildman–Crippen LogP) is 7.62. The van der Waals surface area contributed by atoms with Gasteiger partial charge in [-0.1, -0.05) is 72.8 Å². The lowest BCUT2D eigenvalue weighted by atomic mass is 9.99. The smallest absolute Gasteiger partial charge is 0.325 e. The summed E-state index contributed by atoms with van der Waals surface area (Å²) in [4.78, 5) is 9.19. The maximum absolute atomic E-state index is 13.8. The maximum Gasteiger partial charge on any atom is 0.417 e. The van der Waals surface area contributed by atoms with Gasteiger partial charge in [-0.25, -0.2) is 4.98 Å². The van der Waals surface area contributed by atoms with E-state index < -0.39 is 11.7 Å². The molecule has 1 aromatic heterocycles. The molecule has 3 aromatic carbocycles. The number of amidine groups is 1. The Morgan fingerprint density at radius 2 is 1.53 bits per heavy atom. The second kappa shape index (κ2) is 9.91. The first-order valence-electron chi connectivity index (χ1n) is 11.0. The highest BCUT2D eigenvalue weighted by molar-refractivity contribution is 6.09. The van der Waals surface area contributed by atoms with Crippen LogP contribution in [0, 0.1) is 6.92 Å². The van der Waals surface area contributed by atoms with Gasteiger partial charge in [-0.15, -0.1) is 0 Å². The maximum atomic E-state index is 13.8. The van der Waals surface area contributed by atoms with Crippen LogP contribution in [0.15, 0.2) is 96.0 Å². The summed E-state index contributed by atoms with van der Waals surface area (Å²) >= 11 is 0. The molecule has 0 bridgehead atoms.